The first-order chi connectivity index (χ1) is 12.4. The van der Waals surface area contributed by atoms with Crippen molar-refractivity contribution in [3.63, 3.8) is 0 Å². The van der Waals surface area contributed by atoms with Gasteiger partial charge in [-0.15, -0.1) is 0 Å². The van der Waals surface area contributed by atoms with Crippen molar-refractivity contribution in [2.24, 2.45) is 0 Å². The van der Waals surface area contributed by atoms with Crippen molar-refractivity contribution < 1.29 is 19.1 Å². The first-order valence-electron chi connectivity index (χ1n) is 8.15. The zero-order chi connectivity index (χ0) is 19.1. The van der Waals surface area contributed by atoms with Crippen molar-refractivity contribution in [1.82, 2.24) is 20.6 Å². The van der Waals surface area contributed by atoms with Gasteiger partial charge in [0.15, 0.2) is 0 Å². The zero-order valence-corrected chi connectivity index (χ0v) is 15.0. The molecule has 0 aliphatic heterocycles. The number of aromatic nitrogens is 2. The maximum Gasteiger partial charge on any atom is 0.339 e. The summed E-state index contributed by atoms with van der Waals surface area (Å²) in [5.74, 6) is -1.05. The number of hydrogen-bond donors (Lipinski definition) is 3. The van der Waals surface area contributed by atoms with Crippen molar-refractivity contribution in [3.8, 4) is 0 Å². The van der Waals surface area contributed by atoms with Gasteiger partial charge in [0.05, 0.1) is 12.7 Å². The van der Waals surface area contributed by atoms with Gasteiger partial charge >= 0.3 is 5.97 Å². The molecule has 2 amide bonds. The third-order valence-electron chi connectivity index (χ3n) is 3.90. The van der Waals surface area contributed by atoms with Gasteiger partial charge in [-0.1, -0.05) is 6.07 Å². The summed E-state index contributed by atoms with van der Waals surface area (Å²) in [7, 11) is 1.29. The normalized spacial score (nSPS) is 10.3. The lowest BCUT2D eigenvalue weighted by Crippen LogP contribution is -2.31. The van der Waals surface area contributed by atoms with Crippen LogP contribution in [0.3, 0.4) is 0 Å². The Morgan fingerprint density at radius 3 is 2.65 bits per heavy atom. The number of rotatable bonds is 7. The number of esters is 1. The third-order valence-corrected chi connectivity index (χ3v) is 3.90. The molecule has 2 heterocycles. The number of methoxy groups -OCH3 is 1. The lowest BCUT2D eigenvalue weighted by atomic mass is 10.1. The summed E-state index contributed by atoms with van der Waals surface area (Å²) in [6.07, 6.45) is 3.49. The van der Waals surface area contributed by atoms with Crippen LogP contribution >= 0.6 is 0 Å². The van der Waals surface area contributed by atoms with Gasteiger partial charge in [-0.2, -0.15) is 0 Å². The molecule has 2 rings (SSSR count). The lowest BCUT2D eigenvalue weighted by Gasteiger charge is -2.07. The number of H-pyrrole nitrogens is 1. The number of nitrogens with one attached hydrogen (secondary N) is 3. The number of carbonyl (C=O) groups is 3. The van der Waals surface area contributed by atoms with E-state index < -0.39 is 5.97 Å². The number of carbonyl (C=O) groups excluding carboxylic acids is 3. The quantitative estimate of drug-likeness (QED) is 0.645. The third kappa shape index (κ3) is 4.69. The van der Waals surface area contributed by atoms with Crippen LogP contribution in [-0.4, -0.2) is 41.4 Å². The highest BCUT2D eigenvalue weighted by Gasteiger charge is 2.22. The summed E-state index contributed by atoms with van der Waals surface area (Å²) >= 11 is 0. The Morgan fingerprint density at radius 1 is 1.23 bits per heavy atom. The maximum atomic E-state index is 12.3. The Labute approximate surface area is 151 Å². The van der Waals surface area contributed by atoms with Gasteiger partial charge in [0, 0.05) is 37.6 Å². The van der Waals surface area contributed by atoms with Crippen LogP contribution in [0.4, 0.5) is 0 Å². The number of ether oxygens (including phenoxy) is 1. The Kier molecular flexibility index (Phi) is 6.48. The molecule has 2 aromatic heterocycles. The molecule has 0 saturated heterocycles. The van der Waals surface area contributed by atoms with E-state index in [2.05, 4.69) is 20.6 Å². The van der Waals surface area contributed by atoms with Crippen molar-refractivity contribution in [3.05, 3.63) is 52.6 Å². The van der Waals surface area contributed by atoms with Crippen LogP contribution in [0, 0.1) is 13.8 Å². The summed E-state index contributed by atoms with van der Waals surface area (Å²) in [4.78, 5) is 42.7. The van der Waals surface area contributed by atoms with Gasteiger partial charge < -0.3 is 20.4 Å². The first-order valence-corrected chi connectivity index (χ1v) is 8.15. The maximum absolute atomic E-state index is 12.3. The Morgan fingerprint density at radius 2 is 2.00 bits per heavy atom. The molecule has 138 valence electrons. The SMILES string of the molecule is COC(=O)c1c(C)[nH]c(C(=O)NCCC(=O)NCc2cccnc2)c1C. The van der Waals surface area contributed by atoms with E-state index in [1.807, 2.05) is 6.07 Å². The van der Waals surface area contributed by atoms with Crippen LogP contribution in [0.5, 0.6) is 0 Å². The number of aryl methyl sites for hydroxylation is 1. The van der Waals surface area contributed by atoms with E-state index in [0.29, 0.717) is 29.1 Å². The molecule has 0 atom stereocenters. The highest BCUT2D eigenvalue weighted by Crippen LogP contribution is 2.18. The van der Waals surface area contributed by atoms with Gasteiger partial charge in [-0.25, -0.2) is 4.79 Å². The van der Waals surface area contributed by atoms with Crippen molar-refractivity contribution in [1.29, 1.82) is 0 Å². The standard InChI is InChI=1S/C18H22N4O4/c1-11-15(18(25)26-3)12(2)22-16(11)17(24)20-8-6-14(23)21-10-13-5-4-7-19-9-13/h4-5,7,9,22H,6,8,10H2,1-3H3,(H,20,24)(H,21,23). The second kappa shape index (κ2) is 8.80. The van der Waals surface area contributed by atoms with E-state index in [1.54, 1.807) is 32.3 Å². The average molecular weight is 358 g/mol. The molecule has 3 N–H and O–H groups in total. The minimum Gasteiger partial charge on any atom is -0.465 e. The van der Waals surface area contributed by atoms with Crippen LogP contribution in [-0.2, 0) is 16.1 Å². The van der Waals surface area contributed by atoms with Gasteiger partial charge in [0.2, 0.25) is 5.91 Å². The molecular formula is C18H22N4O4. The smallest absolute Gasteiger partial charge is 0.339 e. The van der Waals surface area contributed by atoms with Gasteiger partial charge in [-0.3, -0.25) is 14.6 Å². The molecule has 0 spiro atoms. The van der Waals surface area contributed by atoms with Gasteiger partial charge in [0.1, 0.15) is 5.69 Å². The van der Waals surface area contributed by atoms with E-state index in [0.717, 1.165) is 5.56 Å². The van der Waals surface area contributed by atoms with Crippen LogP contribution in [0.25, 0.3) is 0 Å². The summed E-state index contributed by atoms with van der Waals surface area (Å²) < 4.78 is 4.72. The molecule has 0 fully saturated rings. The first kappa shape index (κ1) is 19.2. The Balaban J connectivity index is 1.83. The Bertz CT molecular complexity index is 799. The highest BCUT2D eigenvalue weighted by molar-refractivity contribution is 6.00. The predicted molar refractivity (Wildman–Crippen MR) is 94.6 cm³/mol. The fourth-order valence-corrected chi connectivity index (χ4v) is 2.55. The minimum atomic E-state index is -0.495. The summed E-state index contributed by atoms with van der Waals surface area (Å²) in [5.41, 5.74) is 2.63. The Hall–Kier alpha value is -3.16. The predicted octanol–water partition coefficient (Wildman–Crippen LogP) is 1.25. The van der Waals surface area contributed by atoms with E-state index >= 15 is 0 Å². The topological polar surface area (TPSA) is 113 Å². The molecule has 26 heavy (non-hydrogen) atoms. The van der Waals surface area contributed by atoms with Crippen molar-refractivity contribution in [2.45, 2.75) is 26.8 Å². The van der Waals surface area contributed by atoms with E-state index in [-0.39, 0.29) is 24.8 Å². The molecule has 0 saturated carbocycles. The van der Waals surface area contributed by atoms with Crippen LogP contribution in [0.1, 0.15) is 44.1 Å². The molecule has 2 aromatic rings. The fraction of sp³-hybridized carbons (Fsp3) is 0.333. The number of pyridine rings is 1. The number of aromatic amines is 1. The second-order valence-corrected chi connectivity index (χ2v) is 5.76. The number of nitrogens with zero attached hydrogens (tertiary/aromatic N) is 1. The number of amides is 2. The molecule has 0 aromatic carbocycles. The summed E-state index contributed by atoms with van der Waals surface area (Å²) in [6, 6.07) is 3.66. The molecule has 0 aliphatic rings. The highest BCUT2D eigenvalue weighted by atomic mass is 16.5. The number of hydrogen-bond acceptors (Lipinski definition) is 5. The summed E-state index contributed by atoms with van der Waals surface area (Å²) in [6.45, 7) is 3.94. The molecule has 0 bridgehead atoms. The van der Waals surface area contributed by atoms with Crippen LogP contribution < -0.4 is 10.6 Å². The van der Waals surface area contributed by atoms with Crippen LogP contribution in [0.15, 0.2) is 24.5 Å². The van der Waals surface area contributed by atoms with Gasteiger partial charge in [-0.05, 0) is 31.0 Å². The zero-order valence-electron chi connectivity index (χ0n) is 15.0. The molecule has 0 aliphatic carbocycles. The molecule has 0 unspecified atom stereocenters. The fourth-order valence-electron chi connectivity index (χ4n) is 2.55. The second-order valence-electron chi connectivity index (χ2n) is 5.76. The van der Waals surface area contributed by atoms with Gasteiger partial charge in [0.25, 0.3) is 5.91 Å². The minimum absolute atomic E-state index is 0.147. The molecule has 0 radical (unpaired) electrons. The van der Waals surface area contributed by atoms with E-state index in [4.69, 9.17) is 4.74 Å². The summed E-state index contributed by atoms with van der Waals surface area (Å²) in [5, 5.41) is 5.43. The lowest BCUT2D eigenvalue weighted by molar-refractivity contribution is -0.121. The largest absolute Gasteiger partial charge is 0.465 e. The van der Waals surface area contributed by atoms with Crippen LogP contribution in [0.2, 0.25) is 0 Å². The molecular weight excluding hydrogens is 336 g/mol. The van der Waals surface area contributed by atoms with E-state index in [9.17, 15) is 14.4 Å². The average Bonchev–Trinajstić information content (AvgIpc) is 2.94. The van der Waals surface area contributed by atoms with Crippen molar-refractivity contribution in [2.75, 3.05) is 13.7 Å². The molecule has 8 nitrogen and oxygen atoms in total. The van der Waals surface area contributed by atoms with E-state index in [1.165, 1.54) is 7.11 Å². The molecule has 8 heteroatoms. The van der Waals surface area contributed by atoms with Crippen molar-refractivity contribution >= 4 is 17.8 Å². The monoisotopic (exact) mass is 358 g/mol.